The molecule has 1 aromatic rings. The van der Waals surface area contributed by atoms with Crippen LogP contribution in [0.5, 0.6) is 5.75 Å². The van der Waals surface area contributed by atoms with Crippen LogP contribution in [0.4, 0.5) is 0 Å². The van der Waals surface area contributed by atoms with E-state index in [4.69, 9.17) is 4.74 Å². The number of nitrogens with one attached hydrogen (secondary N) is 1. The minimum Gasteiger partial charge on any atom is -0.492 e. The van der Waals surface area contributed by atoms with Crippen LogP contribution in [0.25, 0.3) is 0 Å². The molecule has 0 radical (unpaired) electrons. The van der Waals surface area contributed by atoms with Gasteiger partial charge in [-0.1, -0.05) is 38.5 Å². The molecule has 1 unspecified atom stereocenters. The Morgan fingerprint density at radius 2 is 2.00 bits per heavy atom. The van der Waals surface area contributed by atoms with Crippen molar-refractivity contribution in [3.05, 3.63) is 29.3 Å². The lowest BCUT2D eigenvalue weighted by Gasteiger charge is -2.25. The second kappa shape index (κ2) is 5.54. The van der Waals surface area contributed by atoms with E-state index in [9.17, 15) is 0 Å². The minimum atomic E-state index is 0.121. The van der Waals surface area contributed by atoms with Gasteiger partial charge in [0.15, 0.2) is 0 Å². The highest BCUT2D eigenvalue weighted by molar-refractivity contribution is 5.41. The number of ether oxygens (including phenoxy) is 1. The molecule has 2 heteroatoms. The molecular formula is C17H27NO. The number of likely N-dealkylation sites (N-methyl/N-ethyl adjacent to an activating group) is 1. The van der Waals surface area contributed by atoms with Crippen LogP contribution in [0, 0.1) is 12.8 Å². The van der Waals surface area contributed by atoms with Gasteiger partial charge in [-0.3, -0.25) is 0 Å². The lowest BCUT2D eigenvalue weighted by atomic mass is 9.85. The molecule has 1 saturated carbocycles. The van der Waals surface area contributed by atoms with E-state index >= 15 is 0 Å². The van der Waals surface area contributed by atoms with Gasteiger partial charge >= 0.3 is 0 Å². The third-order valence-electron chi connectivity index (χ3n) is 3.92. The third kappa shape index (κ3) is 3.73. The van der Waals surface area contributed by atoms with Crippen molar-refractivity contribution in [2.24, 2.45) is 5.92 Å². The molecule has 1 aliphatic carbocycles. The minimum absolute atomic E-state index is 0.121. The summed E-state index contributed by atoms with van der Waals surface area (Å²) in [5.41, 5.74) is 2.72. The maximum atomic E-state index is 6.11. The Bertz CT molecular complexity index is 429. The molecule has 1 aliphatic rings. The molecule has 1 fully saturated rings. The second-order valence-corrected chi connectivity index (χ2v) is 6.79. The van der Waals surface area contributed by atoms with Gasteiger partial charge < -0.3 is 10.1 Å². The summed E-state index contributed by atoms with van der Waals surface area (Å²) in [5, 5.41) is 3.38. The molecule has 0 spiro atoms. The average Bonchev–Trinajstić information content (AvgIpc) is 3.14. The van der Waals surface area contributed by atoms with Gasteiger partial charge in [0.2, 0.25) is 0 Å². The summed E-state index contributed by atoms with van der Waals surface area (Å²) in [4.78, 5) is 0. The van der Waals surface area contributed by atoms with Crippen LogP contribution >= 0.6 is 0 Å². The van der Waals surface area contributed by atoms with Crippen LogP contribution in [-0.2, 0) is 5.41 Å². The third-order valence-corrected chi connectivity index (χ3v) is 3.92. The number of aryl methyl sites for hydroxylation is 1. The van der Waals surface area contributed by atoms with Gasteiger partial charge in [-0.25, -0.2) is 0 Å². The van der Waals surface area contributed by atoms with Crippen LogP contribution < -0.4 is 10.1 Å². The van der Waals surface area contributed by atoms with E-state index < -0.39 is 0 Å². The van der Waals surface area contributed by atoms with E-state index in [1.165, 1.54) is 24.0 Å². The Morgan fingerprint density at radius 3 is 2.53 bits per heavy atom. The first kappa shape index (κ1) is 14.4. The summed E-state index contributed by atoms with van der Waals surface area (Å²) in [6.45, 7) is 9.63. The van der Waals surface area contributed by atoms with E-state index in [-0.39, 0.29) is 5.41 Å². The Balaban J connectivity index is 2.10. The Labute approximate surface area is 117 Å². The van der Waals surface area contributed by atoms with Crippen molar-refractivity contribution in [1.82, 2.24) is 5.32 Å². The van der Waals surface area contributed by atoms with Crippen molar-refractivity contribution in [3.8, 4) is 5.75 Å². The zero-order chi connectivity index (χ0) is 14.0. The van der Waals surface area contributed by atoms with Crippen LogP contribution in [0.2, 0.25) is 0 Å². The fraction of sp³-hybridized carbons (Fsp3) is 0.647. The highest BCUT2D eigenvalue weighted by Crippen LogP contribution is 2.35. The molecule has 0 aliphatic heterocycles. The summed E-state index contributed by atoms with van der Waals surface area (Å²) >= 11 is 0. The van der Waals surface area contributed by atoms with E-state index in [2.05, 4.69) is 51.2 Å². The highest BCUT2D eigenvalue weighted by atomic mass is 16.5. The molecule has 19 heavy (non-hydrogen) atoms. The molecule has 0 bridgehead atoms. The molecule has 106 valence electrons. The summed E-state index contributed by atoms with van der Waals surface area (Å²) < 4.78 is 6.11. The van der Waals surface area contributed by atoms with Crippen LogP contribution in [-0.4, -0.2) is 19.7 Å². The molecule has 2 nitrogen and oxygen atoms in total. The van der Waals surface area contributed by atoms with Crippen molar-refractivity contribution < 1.29 is 4.74 Å². The fourth-order valence-corrected chi connectivity index (χ4v) is 2.49. The van der Waals surface area contributed by atoms with Gasteiger partial charge in [0.05, 0.1) is 0 Å². The summed E-state index contributed by atoms with van der Waals surface area (Å²) in [5.74, 6) is 1.85. The molecule has 1 atom stereocenters. The molecule has 1 aromatic carbocycles. The standard InChI is InChI=1S/C17H27NO/c1-12-6-9-16(14(10-12)17(2,3)4)19-11-15(18-5)13-7-8-13/h6,9-10,13,15,18H,7-8,11H2,1-5H3. The van der Waals surface area contributed by atoms with Gasteiger partial charge in [-0.05, 0) is 49.8 Å². The molecule has 0 aromatic heterocycles. The number of rotatable bonds is 5. The smallest absolute Gasteiger partial charge is 0.123 e. The van der Waals surface area contributed by atoms with Crippen molar-refractivity contribution in [2.45, 2.75) is 52.0 Å². The molecule has 2 rings (SSSR count). The topological polar surface area (TPSA) is 21.3 Å². The molecule has 0 amide bonds. The van der Waals surface area contributed by atoms with Crippen molar-refractivity contribution >= 4 is 0 Å². The monoisotopic (exact) mass is 261 g/mol. The molecule has 1 N–H and O–H groups in total. The van der Waals surface area contributed by atoms with E-state index in [0.717, 1.165) is 18.3 Å². The van der Waals surface area contributed by atoms with Crippen molar-refractivity contribution in [2.75, 3.05) is 13.7 Å². The summed E-state index contributed by atoms with van der Waals surface area (Å²) in [6.07, 6.45) is 2.68. The maximum Gasteiger partial charge on any atom is 0.123 e. The second-order valence-electron chi connectivity index (χ2n) is 6.79. The average molecular weight is 261 g/mol. The first-order valence-electron chi connectivity index (χ1n) is 7.33. The first-order valence-corrected chi connectivity index (χ1v) is 7.33. The molecule has 0 saturated heterocycles. The predicted molar refractivity (Wildman–Crippen MR) is 80.9 cm³/mol. The Morgan fingerprint density at radius 1 is 1.32 bits per heavy atom. The van der Waals surface area contributed by atoms with Crippen LogP contribution in [0.15, 0.2) is 18.2 Å². The van der Waals surface area contributed by atoms with Gasteiger partial charge in [-0.2, -0.15) is 0 Å². The lowest BCUT2D eigenvalue weighted by Crippen LogP contribution is -2.34. The number of hydrogen-bond donors (Lipinski definition) is 1. The molecular weight excluding hydrogens is 234 g/mol. The normalized spacial score (nSPS) is 17.3. The van der Waals surface area contributed by atoms with Gasteiger partial charge in [0.1, 0.15) is 12.4 Å². The SMILES string of the molecule is CNC(COc1ccc(C)cc1C(C)(C)C)C1CC1. The van der Waals surface area contributed by atoms with E-state index in [1.54, 1.807) is 0 Å². The number of benzene rings is 1. The van der Waals surface area contributed by atoms with Gasteiger partial charge in [-0.15, -0.1) is 0 Å². The maximum absolute atomic E-state index is 6.11. The Hall–Kier alpha value is -1.02. The highest BCUT2D eigenvalue weighted by Gasteiger charge is 2.31. The van der Waals surface area contributed by atoms with Crippen molar-refractivity contribution in [1.29, 1.82) is 0 Å². The van der Waals surface area contributed by atoms with Gasteiger partial charge in [0.25, 0.3) is 0 Å². The zero-order valence-electron chi connectivity index (χ0n) is 12.9. The fourth-order valence-electron chi connectivity index (χ4n) is 2.49. The van der Waals surface area contributed by atoms with Gasteiger partial charge in [0, 0.05) is 6.04 Å². The first-order chi connectivity index (χ1) is 8.91. The lowest BCUT2D eigenvalue weighted by molar-refractivity contribution is 0.251. The Kier molecular flexibility index (Phi) is 4.19. The van der Waals surface area contributed by atoms with Crippen LogP contribution in [0.3, 0.4) is 0 Å². The zero-order valence-corrected chi connectivity index (χ0v) is 12.9. The van der Waals surface area contributed by atoms with E-state index in [1.807, 2.05) is 7.05 Å². The quantitative estimate of drug-likeness (QED) is 0.873. The van der Waals surface area contributed by atoms with Crippen LogP contribution in [0.1, 0.15) is 44.7 Å². The summed E-state index contributed by atoms with van der Waals surface area (Å²) in [6, 6.07) is 7.00. The van der Waals surface area contributed by atoms with Crippen molar-refractivity contribution in [3.63, 3.8) is 0 Å². The largest absolute Gasteiger partial charge is 0.492 e. The predicted octanol–water partition coefficient (Wildman–Crippen LogP) is 3.67. The number of hydrogen-bond acceptors (Lipinski definition) is 2. The summed E-state index contributed by atoms with van der Waals surface area (Å²) in [7, 11) is 2.03. The van der Waals surface area contributed by atoms with E-state index in [0.29, 0.717) is 6.04 Å². The molecule has 0 heterocycles.